The first kappa shape index (κ1) is 15.1. The molecule has 23 heavy (non-hydrogen) atoms. The Balaban J connectivity index is 1.59. The second-order valence-corrected chi connectivity index (χ2v) is 8.13. The minimum Gasteiger partial charge on any atom is -0.481 e. The minimum atomic E-state index is -0.713. The molecule has 1 amide bonds. The number of nitrogens with zero attached hydrogens (tertiary/aromatic N) is 1. The molecular weight excluding hydrogens is 310 g/mol. The summed E-state index contributed by atoms with van der Waals surface area (Å²) in [6, 6.07) is 8.13. The molecule has 1 aliphatic carbocycles. The van der Waals surface area contributed by atoms with Gasteiger partial charge in [0.1, 0.15) is 0 Å². The summed E-state index contributed by atoms with van der Waals surface area (Å²) < 4.78 is 0. The number of hydrogen-bond donors (Lipinski definition) is 1. The molecule has 5 heteroatoms. The zero-order valence-electron chi connectivity index (χ0n) is 13.0. The lowest BCUT2D eigenvalue weighted by Gasteiger charge is -2.29. The van der Waals surface area contributed by atoms with Gasteiger partial charge in [0.05, 0.1) is 11.3 Å². The van der Waals surface area contributed by atoms with Crippen LogP contribution >= 0.6 is 11.8 Å². The highest BCUT2D eigenvalue weighted by Crippen LogP contribution is 2.50. The number of thioether (sulfide) groups is 1. The zero-order valence-corrected chi connectivity index (χ0v) is 13.8. The Hall–Kier alpha value is -1.49. The van der Waals surface area contributed by atoms with Crippen LogP contribution in [0.15, 0.2) is 29.2 Å². The van der Waals surface area contributed by atoms with E-state index in [1.807, 2.05) is 34.9 Å². The molecule has 0 spiro atoms. The summed E-state index contributed by atoms with van der Waals surface area (Å²) in [4.78, 5) is 27.9. The molecule has 2 aliphatic heterocycles. The SMILES string of the molecule is O=C(C1CCSc2ccccc21)N1C[C@@H]2CCC[C@@]2(C(=O)O)C1. The number of amides is 1. The van der Waals surface area contributed by atoms with Crippen LogP contribution in [0.1, 0.15) is 37.2 Å². The quantitative estimate of drug-likeness (QED) is 0.905. The topological polar surface area (TPSA) is 57.6 Å². The Morgan fingerprint density at radius 3 is 2.87 bits per heavy atom. The zero-order chi connectivity index (χ0) is 16.0. The van der Waals surface area contributed by atoms with E-state index < -0.39 is 11.4 Å². The van der Waals surface area contributed by atoms with Crippen molar-refractivity contribution in [3.8, 4) is 0 Å². The fraction of sp³-hybridized carbons (Fsp3) is 0.556. The van der Waals surface area contributed by atoms with Crippen molar-refractivity contribution in [3.05, 3.63) is 29.8 Å². The summed E-state index contributed by atoms with van der Waals surface area (Å²) in [6.07, 6.45) is 3.48. The van der Waals surface area contributed by atoms with Crippen LogP contribution in [0.4, 0.5) is 0 Å². The maximum atomic E-state index is 13.1. The highest BCUT2D eigenvalue weighted by Gasteiger charge is 2.56. The normalized spacial score (nSPS) is 32.4. The van der Waals surface area contributed by atoms with Gasteiger partial charge < -0.3 is 10.0 Å². The van der Waals surface area contributed by atoms with Gasteiger partial charge in [-0.25, -0.2) is 0 Å². The predicted octanol–water partition coefficient (Wildman–Crippen LogP) is 2.98. The number of carboxylic acid groups (broad SMARTS) is 1. The average molecular weight is 331 g/mol. The molecule has 1 unspecified atom stereocenters. The summed E-state index contributed by atoms with van der Waals surface area (Å²) >= 11 is 1.81. The first-order valence-corrected chi connectivity index (χ1v) is 9.34. The van der Waals surface area contributed by atoms with Gasteiger partial charge in [-0.05, 0) is 42.6 Å². The molecule has 3 aliphatic rings. The van der Waals surface area contributed by atoms with Crippen molar-refractivity contribution in [3.63, 3.8) is 0 Å². The van der Waals surface area contributed by atoms with Crippen molar-refractivity contribution in [1.82, 2.24) is 4.90 Å². The van der Waals surface area contributed by atoms with E-state index in [1.165, 1.54) is 4.90 Å². The van der Waals surface area contributed by atoms with Gasteiger partial charge >= 0.3 is 5.97 Å². The standard InChI is InChI=1S/C18H21NO3S/c20-16(14-7-9-23-15-6-2-1-5-13(14)15)19-10-12-4-3-8-18(12,11-19)17(21)22/h1-2,5-6,12,14H,3-4,7-11H2,(H,21,22)/t12-,14?,18+/m0/s1. The fourth-order valence-electron chi connectivity index (χ4n) is 4.63. The lowest BCUT2D eigenvalue weighted by atomic mass is 9.81. The van der Waals surface area contributed by atoms with Gasteiger partial charge in [0.25, 0.3) is 0 Å². The smallest absolute Gasteiger partial charge is 0.311 e. The Kier molecular flexibility index (Phi) is 3.63. The number of likely N-dealkylation sites (tertiary alicyclic amines) is 1. The second-order valence-electron chi connectivity index (χ2n) is 7.00. The molecule has 2 heterocycles. The Labute approximate surface area is 140 Å². The third kappa shape index (κ3) is 2.28. The number of aliphatic carboxylic acids is 1. The highest BCUT2D eigenvalue weighted by atomic mass is 32.2. The maximum Gasteiger partial charge on any atom is 0.311 e. The molecule has 2 fully saturated rings. The number of benzene rings is 1. The first-order valence-electron chi connectivity index (χ1n) is 8.36. The number of carbonyl (C=O) groups is 2. The van der Waals surface area contributed by atoms with Crippen LogP contribution in [-0.4, -0.2) is 40.7 Å². The molecule has 0 aromatic heterocycles. The van der Waals surface area contributed by atoms with Crippen LogP contribution in [0.25, 0.3) is 0 Å². The van der Waals surface area contributed by atoms with Gasteiger partial charge in [0, 0.05) is 18.0 Å². The molecular formula is C18H21NO3S. The third-order valence-electron chi connectivity index (χ3n) is 5.86. The van der Waals surface area contributed by atoms with Crippen LogP contribution in [0.5, 0.6) is 0 Å². The predicted molar refractivity (Wildman–Crippen MR) is 88.5 cm³/mol. The van der Waals surface area contributed by atoms with E-state index in [9.17, 15) is 14.7 Å². The maximum absolute atomic E-state index is 13.1. The van der Waals surface area contributed by atoms with Crippen molar-refractivity contribution in [2.24, 2.45) is 11.3 Å². The molecule has 1 saturated carbocycles. The van der Waals surface area contributed by atoms with Crippen molar-refractivity contribution in [2.45, 2.75) is 36.5 Å². The van der Waals surface area contributed by atoms with Crippen LogP contribution in [-0.2, 0) is 9.59 Å². The monoisotopic (exact) mass is 331 g/mol. The lowest BCUT2D eigenvalue weighted by molar-refractivity contribution is -0.149. The van der Waals surface area contributed by atoms with Gasteiger partial charge in [-0.2, -0.15) is 0 Å². The molecule has 4 nitrogen and oxygen atoms in total. The number of fused-ring (bicyclic) bond motifs is 2. The number of carbonyl (C=O) groups excluding carboxylic acids is 1. The molecule has 0 bridgehead atoms. The molecule has 1 aromatic rings. The minimum absolute atomic E-state index is 0.0999. The van der Waals surface area contributed by atoms with Crippen molar-refractivity contribution >= 4 is 23.6 Å². The molecule has 4 rings (SSSR count). The van der Waals surface area contributed by atoms with E-state index in [0.29, 0.717) is 19.5 Å². The Bertz CT molecular complexity index is 661. The Morgan fingerprint density at radius 2 is 2.09 bits per heavy atom. The van der Waals surface area contributed by atoms with Crippen molar-refractivity contribution in [1.29, 1.82) is 0 Å². The largest absolute Gasteiger partial charge is 0.481 e. The van der Waals surface area contributed by atoms with Crippen LogP contribution in [0.2, 0.25) is 0 Å². The van der Waals surface area contributed by atoms with E-state index in [4.69, 9.17) is 0 Å². The number of hydrogen-bond acceptors (Lipinski definition) is 3. The molecule has 3 atom stereocenters. The van der Waals surface area contributed by atoms with Gasteiger partial charge in [0.2, 0.25) is 5.91 Å². The van der Waals surface area contributed by atoms with Crippen molar-refractivity contribution in [2.75, 3.05) is 18.8 Å². The van der Waals surface area contributed by atoms with Crippen LogP contribution in [0.3, 0.4) is 0 Å². The second kappa shape index (κ2) is 5.55. The third-order valence-corrected chi connectivity index (χ3v) is 6.99. The number of carboxylic acids is 1. The van der Waals surface area contributed by atoms with Crippen molar-refractivity contribution < 1.29 is 14.7 Å². The van der Waals surface area contributed by atoms with Gasteiger partial charge in [-0.15, -0.1) is 11.8 Å². The number of rotatable bonds is 2. The van der Waals surface area contributed by atoms with Gasteiger partial charge in [0.15, 0.2) is 0 Å². The summed E-state index contributed by atoms with van der Waals surface area (Å²) in [6.45, 7) is 1.02. The van der Waals surface area contributed by atoms with E-state index in [-0.39, 0.29) is 17.7 Å². The Morgan fingerprint density at radius 1 is 1.26 bits per heavy atom. The summed E-state index contributed by atoms with van der Waals surface area (Å²) in [5.74, 6) is 0.409. The molecule has 1 saturated heterocycles. The first-order chi connectivity index (χ1) is 11.1. The molecule has 122 valence electrons. The average Bonchev–Trinajstić information content (AvgIpc) is 3.12. The van der Waals surface area contributed by atoms with Crippen LogP contribution in [0, 0.1) is 11.3 Å². The van der Waals surface area contributed by atoms with Gasteiger partial charge in [-0.1, -0.05) is 24.6 Å². The van der Waals surface area contributed by atoms with E-state index in [0.717, 1.165) is 30.6 Å². The van der Waals surface area contributed by atoms with Crippen LogP contribution < -0.4 is 0 Å². The highest BCUT2D eigenvalue weighted by molar-refractivity contribution is 7.99. The van der Waals surface area contributed by atoms with Gasteiger partial charge in [-0.3, -0.25) is 9.59 Å². The summed E-state index contributed by atoms with van der Waals surface area (Å²) in [5.41, 5.74) is 0.439. The van der Waals surface area contributed by atoms with E-state index in [1.54, 1.807) is 0 Å². The molecule has 1 aromatic carbocycles. The van der Waals surface area contributed by atoms with E-state index >= 15 is 0 Å². The summed E-state index contributed by atoms with van der Waals surface area (Å²) in [5, 5.41) is 9.70. The summed E-state index contributed by atoms with van der Waals surface area (Å²) in [7, 11) is 0. The lowest BCUT2D eigenvalue weighted by Crippen LogP contribution is -2.39. The molecule has 0 radical (unpaired) electrons. The fourth-order valence-corrected chi connectivity index (χ4v) is 5.75. The van der Waals surface area contributed by atoms with E-state index in [2.05, 4.69) is 6.07 Å². The molecule has 1 N–H and O–H groups in total.